The zero-order chi connectivity index (χ0) is 14.2. The Morgan fingerprint density at radius 3 is 2.90 bits per heavy atom. The Hall–Kier alpha value is -1.99. The molecule has 2 rings (SSSR count). The maximum absolute atomic E-state index is 5.50. The fourth-order valence-electron chi connectivity index (χ4n) is 1.54. The van der Waals surface area contributed by atoms with Crippen molar-refractivity contribution in [3.05, 3.63) is 35.7 Å². The van der Waals surface area contributed by atoms with E-state index in [1.165, 1.54) is 0 Å². The van der Waals surface area contributed by atoms with Crippen LogP contribution in [-0.2, 0) is 17.9 Å². The van der Waals surface area contributed by atoms with Gasteiger partial charge in [-0.2, -0.15) is 4.98 Å². The third-order valence-electron chi connectivity index (χ3n) is 2.52. The molecule has 108 valence electrons. The summed E-state index contributed by atoms with van der Waals surface area (Å²) in [5.41, 5.74) is 0.946. The predicted molar refractivity (Wildman–Crippen MR) is 71.2 cm³/mol. The molecule has 7 nitrogen and oxygen atoms in total. The molecule has 0 amide bonds. The molecule has 0 saturated heterocycles. The molecule has 0 saturated carbocycles. The van der Waals surface area contributed by atoms with E-state index in [1.54, 1.807) is 20.2 Å². The van der Waals surface area contributed by atoms with Gasteiger partial charge in [0.25, 0.3) is 5.89 Å². The summed E-state index contributed by atoms with van der Waals surface area (Å²) < 4.78 is 15.4. The van der Waals surface area contributed by atoms with Crippen molar-refractivity contribution >= 4 is 0 Å². The van der Waals surface area contributed by atoms with Crippen LogP contribution in [0.3, 0.4) is 0 Å². The van der Waals surface area contributed by atoms with E-state index in [-0.39, 0.29) is 6.61 Å². The molecule has 2 aromatic heterocycles. The number of pyridine rings is 1. The number of aromatic nitrogens is 3. The molecule has 0 atom stereocenters. The number of methoxy groups -OCH3 is 1. The largest absolute Gasteiger partial charge is 0.482 e. The first kappa shape index (κ1) is 14.4. The third kappa shape index (κ3) is 4.60. The second kappa shape index (κ2) is 7.56. The lowest BCUT2D eigenvalue weighted by atomic mass is 10.3. The second-order valence-electron chi connectivity index (χ2n) is 4.18. The lowest BCUT2D eigenvalue weighted by molar-refractivity contribution is 0.199. The van der Waals surface area contributed by atoms with Crippen LogP contribution in [0.1, 0.15) is 17.4 Å². The Bertz CT molecular complexity index is 513. The van der Waals surface area contributed by atoms with Crippen LogP contribution in [0.25, 0.3) is 0 Å². The molecule has 2 aromatic rings. The van der Waals surface area contributed by atoms with Gasteiger partial charge in [0.2, 0.25) is 0 Å². The van der Waals surface area contributed by atoms with Crippen molar-refractivity contribution in [3.8, 4) is 5.75 Å². The molecule has 0 aliphatic carbocycles. The minimum absolute atomic E-state index is 0.244. The first-order valence-electron chi connectivity index (χ1n) is 6.34. The van der Waals surface area contributed by atoms with Gasteiger partial charge < -0.3 is 19.3 Å². The van der Waals surface area contributed by atoms with Crippen molar-refractivity contribution in [1.29, 1.82) is 0 Å². The van der Waals surface area contributed by atoms with Crippen molar-refractivity contribution in [2.45, 2.75) is 20.1 Å². The van der Waals surface area contributed by atoms with Crippen LogP contribution in [0.2, 0.25) is 0 Å². The van der Waals surface area contributed by atoms with Crippen molar-refractivity contribution in [2.24, 2.45) is 0 Å². The zero-order valence-electron chi connectivity index (χ0n) is 11.6. The average molecular weight is 278 g/mol. The highest BCUT2D eigenvalue weighted by atomic mass is 16.5. The molecule has 2 heterocycles. The monoisotopic (exact) mass is 278 g/mol. The SMILES string of the molecule is COCCNCc1ccc(OCc2nc(C)no2)cn1. The Morgan fingerprint density at radius 1 is 1.35 bits per heavy atom. The van der Waals surface area contributed by atoms with Gasteiger partial charge in [0.05, 0.1) is 18.5 Å². The minimum atomic E-state index is 0.244. The molecule has 7 heteroatoms. The molecule has 20 heavy (non-hydrogen) atoms. The minimum Gasteiger partial charge on any atom is -0.482 e. The average Bonchev–Trinajstić information content (AvgIpc) is 2.88. The highest BCUT2D eigenvalue weighted by molar-refractivity contribution is 5.19. The molecule has 1 N–H and O–H groups in total. The summed E-state index contributed by atoms with van der Waals surface area (Å²) >= 11 is 0. The maximum Gasteiger partial charge on any atom is 0.264 e. The number of rotatable bonds is 8. The number of ether oxygens (including phenoxy) is 2. The van der Waals surface area contributed by atoms with Crippen LogP contribution in [-0.4, -0.2) is 35.4 Å². The van der Waals surface area contributed by atoms with Gasteiger partial charge in [-0.25, -0.2) is 0 Å². The molecule has 0 spiro atoms. The first-order chi connectivity index (χ1) is 9.78. The smallest absolute Gasteiger partial charge is 0.264 e. The Labute approximate surface area is 117 Å². The van der Waals surface area contributed by atoms with Crippen molar-refractivity contribution < 1.29 is 14.0 Å². The van der Waals surface area contributed by atoms with Crippen molar-refractivity contribution in [3.63, 3.8) is 0 Å². The molecule has 0 fully saturated rings. The van der Waals surface area contributed by atoms with E-state index in [1.807, 2.05) is 12.1 Å². The van der Waals surface area contributed by atoms with Crippen molar-refractivity contribution in [2.75, 3.05) is 20.3 Å². The Balaban J connectivity index is 1.76. The second-order valence-corrected chi connectivity index (χ2v) is 4.18. The lowest BCUT2D eigenvalue weighted by Gasteiger charge is -2.05. The molecular formula is C13H18N4O3. The summed E-state index contributed by atoms with van der Waals surface area (Å²) in [5, 5.41) is 6.91. The number of aryl methyl sites for hydroxylation is 1. The van der Waals surface area contributed by atoms with Gasteiger partial charge in [-0.15, -0.1) is 0 Å². The van der Waals surface area contributed by atoms with Crippen LogP contribution in [0.5, 0.6) is 5.75 Å². The molecule has 0 unspecified atom stereocenters. The zero-order valence-corrected chi connectivity index (χ0v) is 11.6. The predicted octanol–water partition coefficient (Wildman–Crippen LogP) is 1.09. The fraction of sp³-hybridized carbons (Fsp3) is 0.462. The summed E-state index contributed by atoms with van der Waals surface area (Å²) in [7, 11) is 1.68. The standard InChI is InChI=1S/C13H18N4O3/c1-10-16-13(20-17-10)9-19-12-4-3-11(15-8-12)7-14-5-6-18-2/h3-4,8,14H,5-7,9H2,1-2H3. The van der Waals surface area contributed by atoms with Gasteiger partial charge in [0.15, 0.2) is 12.4 Å². The number of hydrogen-bond acceptors (Lipinski definition) is 7. The van der Waals surface area contributed by atoms with E-state index in [0.29, 0.717) is 30.6 Å². The Morgan fingerprint density at radius 2 is 2.25 bits per heavy atom. The maximum atomic E-state index is 5.50. The number of nitrogens with zero attached hydrogens (tertiary/aromatic N) is 3. The van der Waals surface area contributed by atoms with Gasteiger partial charge in [0.1, 0.15) is 5.75 Å². The van der Waals surface area contributed by atoms with Gasteiger partial charge in [-0.05, 0) is 19.1 Å². The number of hydrogen-bond donors (Lipinski definition) is 1. The van der Waals surface area contributed by atoms with E-state index in [9.17, 15) is 0 Å². The summed E-state index contributed by atoms with van der Waals surface area (Å²) in [6.45, 7) is 4.19. The summed E-state index contributed by atoms with van der Waals surface area (Å²) in [4.78, 5) is 8.36. The quantitative estimate of drug-likeness (QED) is 0.724. The van der Waals surface area contributed by atoms with E-state index >= 15 is 0 Å². The fourth-order valence-corrected chi connectivity index (χ4v) is 1.54. The van der Waals surface area contributed by atoms with Crippen LogP contribution in [0, 0.1) is 6.92 Å². The molecule has 0 aliphatic rings. The topological polar surface area (TPSA) is 82.3 Å². The van der Waals surface area contributed by atoms with Gasteiger partial charge in [0, 0.05) is 20.2 Å². The molecule has 0 bridgehead atoms. The summed E-state index contributed by atoms with van der Waals surface area (Å²) in [5.74, 6) is 1.72. The molecular weight excluding hydrogens is 260 g/mol. The third-order valence-corrected chi connectivity index (χ3v) is 2.52. The highest BCUT2D eigenvalue weighted by Gasteiger charge is 2.04. The van der Waals surface area contributed by atoms with E-state index in [0.717, 1.165) is 12.2 Å². The molecule has 0 aliphatic heterocycles. The van der Waals surface area contributed by atoms with E-state index < -0.39 is 0 Å². The molecule has 0 radical (unpaired) electrons. The number of nitrogens with one attached hydrogen (secondary N) is 1. The highest BCUT2D eigenvalue weighted by Crippen LogP contribution is 2.11. The van der Waals surface area contributed by atoms with Crippen LogP contribution in [0.4, 0.5) is 0 Å². The lowest BCUT2D eigenvalue weighted by Crippen LogP contribution is -2.19. The normalized spacial score (nSPS) is 10.7. The summed E-state index contributed by atoms with van der Waals surface area (Å²) in [6, 6.07) is 3.78. The van der Waals surface area contributed by atoms with Crippen LogP contribution in [0.15, 0.2) is 22.9 Å². The van der Waals surface area contributed by atoms with E-state index in [4.69, 9.17) is 14.0 Å². The van der Waals surface area contributed by atoms with Crippen molar-refractivity contribution in [1.82, 2.24) is 20.4 Å². The van der Waals surface area contributed by atoms with Crippen LogP contribution < -0.4 is 10.1 Å². The first-order valence-corrected chi connectivity index (χ1v) is 6.34. The Kier molecular flexibility index (Phi) is 5.45. The van der Waals surface area contributed by atoms with Gasteiger partial charge in [-0.1, -0.05) is 5.16 Å². The van der Waals surface area contributed by atoms with Gasteiger partial charge in [-0.3, -0.25) is 4.98 Å². The van der Waals surface area contributed by atoms with E-state index in [2.05, 4.69) is 20.4 Å². The molecule has 0 aromatic carbocycles. The summed E-state index contributed by atoms with van der Waals surface area (Å²) in [6.07, 6.45) is 1.68. The van der Waals surface area contributed by atoms with Crippen LogP contribution >= 0.6 is 0 Å². The van der Waals surface area contributed by atoms with Gasteiger partial charge >= 0.3 is 0 Å².